The van der Waals surface area contributed by atoms with Crippen LogP contribution in [0.3, 0.4) is 0 Å². The Bertz CT molecular complexity index is 1210. The van der Waals surface area contributed by atoms with E-state index in [4.69, 9.17) is 4.74 Å². The van der Waals surface area contributed by atoms with Gasteiger partial charge in [0.2, 0.25) is 5.91 Å². The Balaban J connectivity index is 1.77. The highest BCUT2D eigenvalue weighted by atomic mass is 79.9. The van der Waals surface area contributed by atoms with E-state index in [1.165, 1.54) is 4.57 Å². The number of fused-ring (bicyclic) bond motifs is 1. The Kier molecular flexibility index (Phi) is 8.82. The summed E-state index contributed by atoms with van der Waals surface area (Å²) in [6.07, 6.45) is 4.80. The van der Waals surface area contributed by atoms with Crippen molar-refractivity contribution in [2.75, 3.05) is 18.1 Å². The molecule has 3 rings (SSSR count). The van der Waals surface area contributed by atoms with E-state index in [-0.39, 0.29) is 24.0 Å². The highest BCUT2D eigenvalue weighted by Gasteiger charge is 2.23. The fourth-order valence-electron chi connectivity index (χ4n) is 3.72. The number of carbonyl (C=O) groups excluding carboxylic acids is 3. The Morgan fingerprint density at radius 1 is 1.21 bits per heavy atom. The quantitative estimate of drug-likeness (QED) is 0.495. The second kappa shape index (κ2) is 11.4. The standard InChI is InChI=1S/C21H26BrN3O6S2/c1-2-31-20(28)11-25-16-9-8-14(22)10-17(16)32-21(25)24-19(27)13-33(29,30)12-18(26)23-15-6-4-3-5-7-15/h8-10,15H,2-7,11-13H2,1H3,(H,23,26). The molecule has 0 spiro atoms. The number of thiazole rings is 1. The molecule has 1 aromatic carbocycles. The lowest BCUT2D eigenvalue weighted by molar-refractivity contribution is -0.143. The maximum absolute atomic E-state index is 12.5. The zero-order valence-electron chi connectivity index (χ0n) is 18.2. The Morgan fingerprint density at radius 2 is 1.94 bits per heavy atom. The molecule has 1 saturated carbocycles. The van der Waals surface area contributed by atoms with Crippen molar-refractivity contribution >= 4 is 65.1 Å². The van der Waals surface area contributed by atoms with E-state index in [9.17, 15) is 22.8 Å². The maximum atomic E-state index is 12.5. The lowest BCUT2D eigenvalue weighted by Gasteiger charge is -2.22. The number of hydrogen-bond acceptors (Lipinski definition) is 7. The van der Waals surface area contributed by atoms with Crippen LogP contribution in [0, 0.1) is 0 Å². The van der Waals surface area contributed by atoms with Gasteiger partial charge < -0.3 is 14.6 Å². The summed E-state index contributed by atoms with van der Waals surface area (Å²) >= 11 is 4.54. The van der Waals surface area contributed by atoms with Gasteiger partial charge >= 0.3 is 5.97 Å². The van der Waals surface area contributed by atoms with E-state index < -0.39 is 39.1 Å². The van der Waals surface area contributed by atoms with Gasteiger partial charge in [0.25, 0.3) is 5.91 Å². The zero-order valence-corrected chi connectivity index (χ0v) is 21.4. The molecule has 12 heteroatoms. The number of halogens is 1. The normalized spacial score (nSPS) is 15.5. The number of sulfone groups is 1. The van der Waals surface area contributed by atoms with Crippen molar-refractivity contribution in [3.8, 4) is 0 Å². The fourth-order valence-corrected chi connectivity index (χ4v) is 6.34. The number of nitrogens with one attached hydrogen (secondary N) is 1. The minimum atomic E-state index is -3.99. The van der Waals surface area contributed by atoms with Gasteiger partial charge in [-0.2, -0.15) is 4.99 Å². The molecule has 0 bridgehead atoms. The van der Waals surface area contributed by atoms with Gasteiger partial charge in [0.1, 0.15) is 18.1 Å². The summed E-state index contributed by atoms with van der Waals surface area (Å²) in [6, 6.07) is 5.36. The van der Waals surface area contributed by atoms with Crippen molar-refractivity contribution in [3.05, 3.63) is 27.5 Å². The monoisotopic (exact) mass is 559 g/mol. The molecular weight excluding hydrogens is 534 g/mol. The molecule has 1 aromatic heterocycles. The summed E-state index contributed by atoms with van der Waals surface area (Å²) in [5, 5.41) is 2.75. The number of amides is 2. The Hall–Kier alpha value is -2.05. The Morgan fingerprint density at radius 3 is 2.64 bits per heavy atom. The number of benzene rings is 1. The van der Waals surface area contributed by atoms with Crippen molar-refractivity contribution in [1.29, 1.82) is 0 Å². The maximum Gasteiger partial charge on any atom is 0.326 e. The van der Waals surface area contributed by atoms with Crippen LogP contribution in [0.15, 0.2) is 27.7 Å². The lowest BCUT2D eigenvalue weighted by Crippen LogP contribution is -2.40. The molecule has 1 fully saturated rings. The molecule has 1 aliphatic rings. The van der Waals surface area contributed by atoms with Crippen LogP contribution in [0.25, 0.3) is 10.2 Å². The smallest absolute Gasteiger partial charge is 0.326 e. The van der Waals surface area contributed by atoms with Crippen molar-refractivity contribution in [3.63, 3.8) is 0 Å². The summed E-state index contributed by atoms with van der Waals surface area (Å²) in [7, 11) is -3.99. The van der Waals surface area contributed by atoms with Gasteiger partial charge in [-0.05, 0) is 38.0 Å². The second-order valence-corrected chi connectivity index (χ2v) is 11.8. The van der Waals surface area contributed by atoms with Gasteiger partial charge in [-0.15, -0.1) is 0 Å². The zero-order chi connectivity index (χ0) is 24.0. The molecule has 0 radical (unpaired) electrons. The van der Waals surface area contributed by atoms with Crippen LogP contribution in [-0.2, 0) is 35.5 Å². The van der Waals surface area contributed by atoms with E-state index in [1.54, 1.807) is 19.1 Å². The number of hydrogen-bond donors (Lipinski definition) is 1. The average molecular weight is 560 g/mol. The van der Waals surface area contributed by atoms with Crippen LogP contribution in [0.4, 0.5) is 0 Å². The first kappa shape index (κ1) is 25.6. The van der Waals surface area contributed by atoms with Crippen molar-refractivity contribution in [2.24, 2.45) is 4.99 Å². The molecule has 180 valence electrons. The molecule has 1 aliphatic carbocycles. The number of nitrogens with zero attached hydrogens (tertiary/aromatic N) is 2. The van der Waals surface area contributed by atoms with Crippen LogP contribution in [0.2, 0.25) is 0 Å². The molecule has 1 heterocycles. The van der Waals surface area contributed by atoms with E-state index in [1.807, 2.05) is 6.07 Å². The molecule has 0 aliphatic heterocycles. The predicted molar refractivity (Wildman–Crippen MR) is 128 cm³/mol. The van der Waals surface area contributed by atoms with Gasteiger partial charge in [0.05, 0.1) is 16.8 Å². The first-order valence-corrected chi connectivity index (χ1v) is 14.1. The van der Waals surface area contributed by atoms with Crippen molar-refractivity contribution in [2.45, 2.75) is 51.6 Å². The molecule has 33 heavy (non-hydrogen) atoms. The lowest BCUT2D eigenvalue weighted by atomic mass is 9.95. The molecule has 2 amide bonds. The summed E-state index contributed by atoms with van der Waals surface area (Å²) in [4.78, 5) is 40.9. The Labute approximate surface area is 204 Å². The summed E-state index contributed by atoms with van der Waals surface area (Å²) in [6.45, 7) is 1.73. The topological polar surface area (TPSA) is 124 Å². The van der Waals surface area contributed by atoms with Gasteiger partial charge in [0, 0.05) is 10.5 Å². The number of carbonyl (C=O) groups is 3. The van der Waals surface area contributed by atoms with Gasteiger partial charge in [-0.1, -0.05) is 46.5 Å². The van der Waals surface area contributed by atoms with Crippen molar-refractivity contribution in [1.82, 2.24) is 9.88 Å². The molecule has 0 atom stereocenters. The average Bonchev–Trinajstić information content (AvgIpc) is 3.03. The molecule has 0 saturated heterocycles. The second-order valence-electron chi connectivity index (χ2n) is 7.83. The highest BCUT2D eigenvalue weighted by Crippen LogP contribution is 2.22. The number of aromatic nitrogens is 1. The third-order valence-corrected chi connectivity index (χ3v) is 8.05. The number of esters is 1. The molecule has 9 nitrogen and oxygen atoms in total. The third kappa shape index (κ3) is 7.47. The van der Waals surface area contributed by atoms with Crippen LogP contribution in [0.1, 0.15) is 39.0 Å². The summed E-state index contributed by atoms with van der Waals surface area (Å²) in [5.41, 5.74) is 0.664. The molecular formula is C21H26BrN3O6S2. The first-order valence-electron chi connectivity index (χ1n) is 10.7. The molecule has 2 aromatic rings. The SMILES string of the molecule is CCOC(=O)Cn1c(=NC(=O)CS(=O)(=O)CC(=O)NC2CCCCC2)sc2cc(Br)ccc21. The molecule has 0 unspecified atom stereocenters. The predicted octanol–water partition coefficient (Wildman–Crippen LogP) is 2.32. The number of rotatable bonds is 8. The molecule has 1 N–H and O–H groups in total. The van der Waals surface area contributed by atoms with Crippen LogP contribution < -0.4 is 10.1 Å². The van der Waals surface area contributed by atoms with Gasteiger partial charge in [-0.25, -0.2) is 8.42 Å². The number of ether oxygens (including phenoxy) is 1. The third-order valence-electron chi connectivity index (χ3n) is 5.12. The van der Waals surface area contributed by atoms with E-state index in [0.717, 1.165) is 52.6 Å². The van der Waals surface area contributed by atoms with E-state index in [2.05, 4.69) is 26.2 Å². The van der Waals surface area contributed by atoms with Gasteiger partial charge in [0.15, 0.2) is 14.6 Å². The first-order chi connectivity index (χ1) is 15.7. The summed E-state index contributed by atoms with van der Waals surface area (Å²) in [5.74, 6) is -3.64. The van der Waals surface area contributed by atoms with Crippen molar-refractivity contribution < 1.29 is 27.5 Å². The van der Waals surface area contributed by atoms with Crippen LogP contribution in [-0.4, -0.2) is 54.9 Å². The van der Waals surface area contributed by atoms with E-state index in [0.29, 0.717) is 5.52 Å². The minimum Gasteiger partial charge on any atom is -0.465 e. The van der Waals surface area contributed by atoms with Gasteiger partial charge in [-0.3, -0.25) is 14.4 Å². The largest absolute Gasteiger partial charge is 0.465 e. The fraction of sp³-hybridized carbons (Fsp3) is 0.524. The van der Waals surface area contributed by atoms with Crippen LogP contribution >= 0.6 is 27.3 Å². The summed E-state index contributed by atoms with van der Waals surface area (Å²) < 4.78 is 32.9. The minimum absolute atomic E-state index is 0.0125. The van der Waals surface area contributed by atoms with E-state index >= 15 is 0 Å². The highest BCUT2D eigenvalue weighted by molar-refractivity contribution is 9.10. The van der Waals surface area contributed by atoms with Crippen LogP contribution in [0.5, 0.6) is 0 Å².